The topological polar surface area (TPSA) is 61.4 Å². The first-order chi connectivity index (χ1) is 9.38. The molecular weight excluding hydrogens is 274 g/mol. The average molecular weight is 297 g/mol. The molecule has 112 valence electrons. The molecule has 5 nitrogen and oxygen atoms in total. The van der Waals surface area contributed by atoms with Crippen LogP contribution in [-0.2, 0) is 16.4 Å². The van der Waals surface area contributed by atoms with Crippen molar-refractivity contribution in [3.63, 3.8) is 0 Å². The number of aryl methyl sites for hydroxylation is 1. The van der Waals surface area contributed by atoms with E-state index >= 15 is 0 Å². The predicted molar refractivity (Wildman–Crippen MR) is 81.6 cm³/mol. The van der Waals surface area contributed by atoms with Crippen LogP contribution in [0.4, 0.5) is 5.69 Å². The molecule has 2 rings (SSSR count). The Morgan fingerprint density at radius 1 is 1.40 bits per heavy atom. The summed E-state index contributed by atoms with van der Waals surface area (Å²) in [5.74, 6) is 0. The van der Waals surface area contributed by atoms with Gasteiger partial charge in [0.1, 0.15) is 0 Å². The number of likely N-dealkylation sites (N-methyl/N-ethyl adjacent to an activating group) is 1. The molecule has 1 aliphatic heterocycles. The highest BCUT2D eigenvalue weighted by Crippen LogP contribution is 2.24. The molecule has 1 unspecified atom stereocenters. The molecule has 0 fully saturated rings. The molecule has 1 heterocycles. The minimum atomic E-state index is -3.44. The van der Waals surface area contributed by atoms with E-state index < -0.39 is 10.0 Å². The third kappa shape index (κ3) is 3.71. The van der Waals surface area contributed by atoms with Crippen molar-refractivity contribution >= 4 is 15.7 Å². The zero-order valence-electron chi connectivity index (χ0n) is 12.3. The van der Waals surface area contributed by atoms with Gasteiger partial charge >= 0.3 is 0 Å². The van der Waals surface area contributed by atoms with Crippen LogP contribution in [0.5, 0.6) is 0 Å². The van der Waals surface area contributed by atoms with Crippen molar-refractivity contribution in [2.24, 2.45) is 0 Å². The molecule has 0 spiro atoms. The summed E-state index contributed by atoms with van der Waals surface area (Å²) in [6.45, 7) is 3.50. The largest absolute Gasteiger partial charge is 0.385 e. The molecule has 20 heavy (non-hydrogen) atoms. The van der Waals surface area contributed by atoms with E-state index in [9.17, 15) is 8.42 Å². The number of fused-ring (bicyclic) bond motifs is 1. The Morgan fingerprint density at radius 2 is 2.15 bits per heavy atom. The normalized spacial score (nSPS) is 16.6. The van der Waals surface area contributed by atoms with Gasteiger partial charge in [-0.05, 0) is 57.6 Å². The van der Waals surface area contributed by atoms with Gasteiger partial charge in [-0.3, -0.25) is 0 Å². The first-order valence-corrected chi connectivity index (χ1v) is 8.40. The van der Waals surface area contributed by atoms with Crippen molar-refractivity contribution in [1.82, 2.24) is 9.62 Å². The quantitative estimate of drug-likeness (QED) is 0.859. The molecule has 1 atom stereocenters. The number of hydrogen-bond acceptors (Lipinski definition) is 4. The molecular formula is C14H23N3O2S. The van der Waals surface area contributed by atoms with E-state index in [1.54, 1.807) is 12.1 Å². The minimum Gasteiger partial charge on any atom is -0.385 e. The third-order valence-corrected chi connectivity index (χ3v) is 4.91. The van der Waals surface area contributed by atoms with Crippen LogP contribution in [0.3, 0.4) is 0 Å². The third-order valence-electron chi connectivity index (χ3n) is 3.32. The van der Waals surface area contributed by atoms with Crippen LogP contribution in [0.15, 0.2) is 23.1 Å². The van der Waals surface area contributed by atoms with Crippen molar-refractivity contribution in [1.29, 1.82) is 0 Å². The van der Waals surface area contributed by atoms with Gasteiger partial charge in [-0.15, -0.1) is 0 Å². The van der Waals surface area contributed by atoms with E-state index in [4.69, 9.17) is 0 Å². The van der Waals surface area contributed by atoms with E-state index in [-0.39, 0.29) is 6.04 Å². The van der Waals surface area contributed by atoms with Crippen LogP contribution in [0.2, 0.25) is 0 Å². The summed E-state index contributed by atoms with van der Waals surface area (Å²) in [4.78, 5) is 2.31. The van der Waals surface area contributed by atoms with Crippen molar-refractivity contribution in [2.75, 3.05) is 32.5 Å². The Bertz CT molecular complexity index is 570. The van der Waals surface area contributed by atoms with Gasteiger partial charge in [-0.25, -0.2) is 13.1 Å². The van der Waals surface area contributed by atoms with Gasteiger partial charge in [0.2, 0.25) is 10.0 Å². The molecule has 6 heteroatoms. The first-order valence-electron chi connectivity index (χ1n) is 6.92. The molecule has 1 aliphatic rings. The van der Waals surface area contributed by atoms with Gasteiger partial charge in [-0.1, -0.05) is 0 Å². The van der Waals surface area contributed by atoms with Crippen LogP contribution < -0.4 is 10.0 Å². The number of benzene rings is 1. The highest BCUT2D eigenvalue weighted by molar-refractivity contribution is 7.89. The molecule has 0 saturated carbocycles. The molecule has 0 amide bonds. The van der Waals surface area contributed by atoms with Gasteiger partial charge in [0.15, 0.2) is 0 Å². The maximum Gasteiger partial charge on any atom is 0.240 e. The lowest BCUT2D eigenvalue weighted by molar-refractivity contribution is 0.370. The van der Waals surface area contributed by atoms with E-state index in [2.05, 4.69) is 10.0 Å². The number of rotatable bonds is 5. The van der Waals surface area contributed by atoms with E-state index in [0.29, 0.717) is 11.4 Å². The Kier molecular flexibility index (Phi) is 4.67. The predicted octanol–water partition coefficient (Wildman–Crippen LogP) is 1.27. The number of anilines is 1. The minimum absolute atomic E-state index is 0.121. The summed E-state index contributed by atoms with van der Waals surface area (Å²) in [5, 5.41) is 3.29. The number of nitrogens with zero attached hydrogens (tertiary/aromatic N) is 1. The van der Waals surface area contributed by atoms with Gasteiger partial charge in [0.05, 0.1) is 4.90 Å². The lowest BCUT2D eigenvalue weighted by Crippen LogP contribution is -2.39. The molecule has 1 aromatic rings. The standard InChI is InChI=1S/C14H23N3O2S/c1-11(10-17(2)3)16-20(18,19)13-6-7-14-12(9-13)5-4-8-15-14/h6-7,9,11,15-16H,4-5,8,10H2,1-3H3. The second kappa shape index (κ2) is 6.11. The van der Waals surface area contributed by atoms with Crippen molar-refractivity contribution in [3.05, 3.63) is 23.8 Å². The van der Waals surface area contributed by atoms with Crippen molar-refractivity contribution in [2.45, 2.75) is 30.7 Å². The fourth-order valence-corrected chi connectivity index (χ4v) is 3.82. The van der Waals surface area contributed by atoms with Crippen LogP contribution >= 0.6 is 0 Å². The Balaban J connectivity index is 2.17. The van der Waals surface area contributed by atoms with Gasteiger partial charge in [-0.2, -0.15) is 0 Å². The molecule has 2 N–H and O–H groups in total. The Labute approximate surface area is 121 Å². The highest BCUT2D eigenvalue weighted by atomic mass is 32.2. The fourth-order valence-electron chi connectivity index (χ4n) is 2.54. The fraction of sp³-hybridized carbons (Fsp3) is 0.571. The number of sulfonamides is 1. The molecule has 0 aliphatic carbocycles. The van der Waals surface area contributed by atoms with E-state index in [1.165, 1.54) is 0 Å². The SMILES string of the molecule is CC(CN(C)C)NS(=O)(=O)c1ccc2c(c1)CCCN2. The van der Waals surface area contributed by atoms with Crippen LogP contribution in [-0.4, -0.2) is 46.5 Å². The van der Waals surface area contributed by atoms with Crippen molar-refractivity contribution in [3.8, 4) is 0 Å². The molecule has 0 radical (unpaired) electrons. The summed E-state index contributed by atoms with van der Waals surface area (Å²) >= 11 is 0. The van der Waals surface area contributed by atoms with E-state index in [1.807, 2.05) is 32.0 Å². The lowest BCUT2D eigenvalue weighted by atomic mass is 10.0. The Hall–Kier alpha value is -1.11. The number of hydrogen-bond donors (Lipinski definition) is 2. The molecule has 0 bridgehead atoms. The highest BCUT2D eigenvalue weighted by Gasteiger charge is 2.19. The zero-order chi connectivity index (χ0) is 14.8. The van der Waals surface area contributed by atoms with Gasteiger partial charge in [0, 0.05) is 24.8 Å². The van der Waals surface area contributed by atoms with Gasteiger partial charge < -0.3 is 10.2 Å². The van der Waals surface area contributed by atoms with Crippen molar-refractivity contribution < 1.29 is 8.42 Å². The summed E-state index contributed by atoms with van der Waals surface area (Å²) < 4.78 is 27.4. The van der Waals surface area contributed by atoms with Crippen LogP contribution in [0.1, 0.15) is 18.9 Å². The van der Waals surface area contributed by atoms with Crippen LogP contribution in [0, 0.1) is 0 Å². The molecule has 0 aromatic heterocycles. The number of nitrogens with one attached hydrogen (secondary N) is 2. The monoisotopic (exact) mass is 297 g/mol. The second-order valence-electron chi connectivity index (χ2n) is 5.63. The van der Waals surface area contributed by atoms with E-state index in [0.717, 1.165) is 30.6 Å². The maximum absolute atomic E-state index is 12.4. The smallest absolute Gasteiger partial charge is 0.240 e. The molecule has 0 saturated heterocycles. The average Bonchev–Trinajstić information content (AvgIpc) is 2.36. The lowest BCUT2D eigenvalue weighted by Gasteiger charge is -2.21. The maximum atomic E-state index is 12.4. The zero-order valence-corrected chi connectivity index (χ0v) is 13.1. The summed E-state index contributed by atoms with van der Waals surface area (Å²) in [6, 6.07) is 5.19. The first kappa shape index (κ1) is 15.3. The molecule has 1 aromatic carbocycles. The second-order valence-corrected chi connectivity index (χ2v) is 7.35. The summed E-state index contributed by atoms with van der Waals surface area (Å²) in [7, 11) is 0.409. The summed E-state index contributed by atoms with van der Waals surface area (Å²) in [6.07, 6.45) is 1.97. The van der Waals surface area contributed by atoms with Gasteiger partial charge in [0.25, 0.3) is 0 Å². The Morgan fingerprint density at radius 3 is 2.85 bits per heavy atom. The van der Waals surface area contributed by atoms with Crippen LogP contribution in [0.25, 0.3) is 0 Å². The summed E-state index contributed by atoms with van der Waals surface area (Å²) in [5.41, 5.74) is 2.14.